The van der Waals surface area contributed by atoms with Crippen molar-refractivity contribution in [3.63, 3.8) is 0 Å². The predicted molar refractivity (Wildman–Crippen MR) is 90.7 cm³/mol. The largest absolute Gasteiger partial charge is 0.450 e. The number of halogens is 1. The van der Waals surface area contributed by atoms with Crippen LogP contribution in [0.2, 0.25) is 5.15 Å². The first kappa shape index (κ1) is 17.1. The Morgan fingerprint density at radius 1 is 1.43 bits per heavy atom. The molecule has 0 fully saturated rings. The van der Waals surface area contributed by atoms with E-state index >= 15 is 0 Å². The standard InChI is InChI=1S/C18H19ClN2O2/c1-5-11-18(3,4)23-17(22)15-16(19)20-12-21(15)13(2)14-9-7-6-8-10-14/h6-13H,1H2,2-4H3/t13-/m1/s1. The fourth-order valence-corrected chi connectivity index (χ4v) is 2.49. The molecule has 0 unspecified atom stereocenters. The van der Waals surface area contributed by atoms with E-state index in [9.17, 15) is 4.79 Å². The maximum Gasteiger partial charge on any atom is 0.359 e. The molecule has 0 bridgehead atoms. The number of esters is 1. The van der Waals surface area contributed by atoms with Gasteiger partial charge in [-0.05, 0) is 32.4 Å². The molecule has 5 heteroatoms. The van der Waals surface area contributed by atoms with Gasteiger partial charge in [0.25, 0.3) is 0 Å². The van der Waals surface area contributed by atoms with Crippen molar-refractivity contribution in [2.24, 2.45) is 0 Å². The number of imidazole rings is 1. The van der Waals surface area contributed by atoms with E-state index in [2.05, 4.69) is 17.3 Å². The van der Waals surface area contributed by atoms with Crippen LogP contribution in [0.15, 0.2) is 55.0 Å². The summed E-state index contributed by atoms with van der Waals surface area (Å²) < 4.78 is 7.20. The fraction of sp³-hybridized carbons (Fsp3) is 0.278. The fourth-order valence-electron chi connectivity index (χ4n) is 2.28. The van der Waals surface area contributed by atoms with Gasteiger partial charge in [0.2, 0.25) is 0 Å². The molecule has 0 spiro atoms. The second-order valence-corrected chi connectivity index (χ2v) is 6.08. The van der Waals surface area contributed by atoms with Crippen LogP contribution >= 0.6 is 11.6 Å². The van der Waals surface area contributed by atoms with Crippen molar-refractivity contribution in [1.82, 2.24) is 9.55 Å². The topological polar surface area (TPSA) is 44.1 Å². The first-order chi connectivity index (χ1) is 10.9. The highest BCUT2D eigenvalue weighted by molar-refractivity contribution is 6.32. The van der Waals surface area contributed by atoms with E-state index in [1.54, 1.807) is 30.8 Å². The molecule has 0 saturated carbocycles. The molecule has 0 amide bonds. The van der Waals surface area contributed by atoms with E-state index in [1.807, 2.05) is 37.3 Å². The van der Waals surface area contributed by atoms with Gasteiger partial charge in [0.1, 0.15) is 5.60 Å². The number of carbonyl (C=O) groups is 1. The number of rotatable bonds is 5. The van der Waals surface area contributed by atoms with Crippen LogP contribution in [0, 0.1) is 0 Å². The van der Waals surface area contributed by atoms with Gasteiger partial charge in [0, 0.05) is 0 Å². The van der Waals surface area contributed by atoms with Crippen molar-refractivity contribution in [1.29, 1.82) is 0 Å². The van der Waals surface area contributed by atoms with Gasteiger partial charge >= 0.3 is 5.97 Å². The molecule has 0 saturated heterocycles. The number of carbonyl (C=O) groups excluding carboxylic acids is 1. The van der Waals surface area contributed by atoms with E-state index in [4.69, 9.17) is 16.3 Å². The summed E-state index contributed by atoms with van der Waals surface area (Å²) in [6.07, 6.45) is 3.13. The van der Waals surface area contributed by atoms with E-state index in [1.165, 1.54) is 0 Å². The first-order valence-electron chi connectivity index (χ1n) is 7.23. The lowest BCUT2D eigenvalue weighted by atomic mass is 10.1. The molecule has 0 aliphatic carbocycles. The van der Waals surface area contributed by atoms with Crippen LogP contribution in [0.5, 0.6) is 0 Å². The molecule has 23 heavy (non-hydrogen) atoms. The maximum atomic E-state index is 12.5. The molecule has 2 rings (SSSR count). The van der Waals surface area contributed by atoms with Gasteiger partial charge < -0.3 is 9.30 Å². The van der Waals surface area contributed by atoms with Gasteiger partial charge in [-0.1, -0.05) is 48.5 Å². The van der Waals surface area contributed by atoms with Crippen molar-refractivity contribution in [3.05, 3.63) is 71.5 Å². The summed E-state index contributed by atoms with van der Waals surface area (Å²) in [6, 6.07) is 9.70. The van der Waals surface area contributed by atoms with Crippen LogP contribution < -0.4 is 0 Å². The average Bonchev–Trinajstić information content (AvgIpc) is 2.88. The Hall–Kier alpha value is -2.29. The Morgan fingerprint density at radius 2 is 2.09 bits per heavy atom. The second kappa shape index (κ2) is 6.86. The molecular formula is C18H19ClN2O2. The van der Waals surface area contributed by atoms with Crippen LogP contribution in [-0.4, -0.2) is 21.1 Å². The van der Waals surface area contributed by atoms with Crippen molar-refractivity contribution in [2.75, 3.05) is 0 Å². The van der Waals surface area contributed by atoms with Crippen LogP contribution in [-0.2, 0) is 4.74 Å². The Balaban J connectivity index is 2.35. The van der Waals surface area contributed by atoms with Gasteiger partial charge in [0.15, 0.2) is 10.8 Å². The second-order valence-electron chi connectivity index (χ2n) is 5.72. The summed E-state index contributed by atoms with van der Waals surface area (Å²) in [5, 5.41) is 0.121. The molecule has 1 heterocycles. The van der Waals surface area contributed by atoms with E-state index in [0.717, 1.165) is 5.56 Å². The molecule has 0 aliphatic rings. The highest BCUT2D eigenvalue weighted by atomic mass is 35.5. The van der Waals surface area contributed by atoms with Crippen LogP contribution in [0.1, 0.15) is 42.9 Å². The first-order valence-corrected chi connectivity index (χ1v) is 7.61. The molecule has 0 radical (unpaired) electrons. The molecule has 1 aromatic heterocycles. The maximum absolute atomic E-state index is 12.5. The van der Waals surface area contributed by atoms with Crippen LogP contribution in [0.3, 0.4) is 0 Å². The quantitative estimate of drug-likeness (QED) is 0.602. The molecule has 2 aromatic rings. The minimum Gasteiger partial charge on any atom is -0.450 e. The van der Waals surface area contributed by atoms with E-state index in [0.29, 0.717) is 0 Å². The van der Waals surface area contributed by atoms with Crippen LogP contribution in [0.4, 0.5) is 0 Å². The summed E-state index contributed by atoms with van der Waals surface area (Å²) in [5.74, 6) is -0.535. The minimum atomic E-state index is -0.826. The lowest BCUT2D eigenvalue weighted by Crippen LogP contribution is -2.27. The SMILES string of the molecule is C=C=CC(C)(C)OC(=O)c1c(Cl)ncn1[C@H](C)c1ccccc1. The number of hydrogen-bond acceptors (Lipinski definition) is 3. The Bertz CT molecular complexity index is 744. The van der Waals surface area contributed by atoms with Crippen molar-refractivity contribution in [3.8, 4) is 0 Å². The van der Waals surface area contributed by atoms with Gasteiger partial charge in [-0.3, -0.25) is 0 Å². The number of nitrogens with zero attached hydrogens (tertiary/aromatic N) is 2. The normalized spacial score (nSPS) is 12.3. The smallest absolute Gasteiger partial charge is 0.359 e. The van der Waals surface area contributed by atoms with Gasteiger partial charge in [-0.2, -0.15) is 0 Å². The summed E-state index contributed by atoms with van der Waals surface area (Å²) in [4.78, 5) is 16.6. The van der Waals surface area contributed by atoms with E-state index in [-0.39, 0.29) is 16.9 Å². The van der Waals surface area contributed by atoms with Crippen molar-refractivity contribution < 1.29 is 9.53 Å². The van der Waals surface area contributed by atoms with Crippen LogP contribution in [0.25, 0.3) is 0 Å². The minimum absolute atomic E-state index is 0.100. The molecule has 0 aliphatic heterocycles. The number of benzene rings is 1. The molecular weight excluding hydrogens is 312 g/mol. The zero-order valence-corrected chi connectivity index (χ0v) is 14.2. The zero-order valence-electron chi connectivity index (χ0n) is 13.4. The third kappa shape index (κ3) is 3.92. The van der Waals surface area contributed by atoms with E-state index < -0.39 is 11.6 Å². The Labute approximate surface area is 141 Å². The van der Waals surface area contributed by atoms with Gasteiger partial charge in [0.05, 0.1) is 12.4 Å². The Morgan fingerprint density at radius 3 is 2.70 bits per heavy atom. The summed E-state index contributed by atoms with van der Waals surface area (Å²) in [5.41, 5.74) is 3.08. The summed E-state index contributed by atoms with van der Waals surface area (Å²) in [6.45, 7) is 8.97. The lowest BCUT2D eigenvalue weighted by Gasteiger charge is -2.22. The third-order valence-corrected chi connectivity index (χ3v) is 3.72. The number of hydrogen-bond donors (Lipinski definition) is 0. The zero-order chi connectivity index (χ0) is 17.0. The van der Waals surface area contributed by atoms with Gasteiger partial charge in [-0.15, -0.1) is 5.73 Å². The van der Waals surface area contributed by atoms with Gasteiger partial charge in [-0.25, -0.2) is 9.78 Å². The molecule has 1 aromatic carbocycles. The number of ether oxygens (including phenoxy) is 1. The van der Waals surface area contributed by atoms with Crippen molar-refractivity contribution in [2.45, 2.75) is 32.4 Å². The van der Waals surface area contributed by atoms with Crippen molar-refractivity contribution >= 4 is 17.6 Å². The average molecular weight is 331 g/mol. The highest BCUT2D eigenvalue weighted by Crippen LogP contribution is 2.25. The molecule has 120 valence electrons. The number of aromatic nitrogens is 2. The highest BCUT2D eigenvalue weighted by Gasteiger charge is 2.27. The Kier molecular flexibility index (Phi) is 5.09. The predicted octanol–water partition coefficient (Wildman–Crippen LogP) is 4.42. The summed E-state index contributed by atoms with van der Waals surface area (Å²) >= 11 is 6.11. The summed E-state index contributed by atoms with van der Waals surface area (Å²) in [7, 11) is 0. The monoisotopic (exact) mass is 330 g/mol. The molecule has 1 atom stereocenters. The third-order valence-electron chi connectivity index (χ3n) is 3.45. The molecule has 0 N–H and O–H groups in total. The lowest BCUT2D eigenvalue weighted by molar-refractivity contribution is 0.0161. The molecule has 4 nitrogen and oxygen atoms in total.